The minimum absolute atomic E-state index is 0.0919. The molecule has 0 atom stereocenters. The number of nitrogens with one attached hydrogen (secondary N) is 2. The van der Waals surface area contributed by atoms with Gasteiger partial charge in [-0.25, -0.2) is 4.98 Å². The summed E-state index contributed by atoms with van der Waals surface area (Å²) in [6, 6.07) is 11.4. The van der Waals surface area contributed by atoms with Crippen LogP contribution in [0.3, 0.4) is 0 Å². The van der Waals surface area contributed by atoms with E-state index in [2.05, 4.69) is 15.3 Å². The van der Waals surface area contributed by atoms with Gasteiger partial charge < -0.3 is 15.0 Å². The summed E-state index contributed by atoms with van der Waals surface area (Å²) in [5.74, 6) is 0.466. The third-order valence-corrected chi connectivity index (χ3v) is 3.58. The Balaban J connectivity index is 1.77. The molecular formula is C17H17N3O2. The van der Waals surface area contributed by atoms with E-state index in [9.17, 15) is 4.79 Å². The molecule has 2 N–H and O–H groups in total. The molecule has 0 aliphatic heterocycles. The number of aromatic nitrogens is 2. The summed E-state index contributed by atoms with van der Waals surface area (Å²) in [5.41, 5.74) is 3.45. The van der Waals surface area contributed by atoms with E-state index in [-0.39, 0.29) is 5.91 Å². The zero-order valence-corrected chi connectivity index (χ0v) is 12.5. The van der Waals surface area contributed by atoms with Crippen molar-refractivity contribution in [1.29, 1.82) is 0 Å². The van der Waals surface area contributed by atoms with Crippen LogP contribution in [-0.2, 0) is 6.54 Å². The maximum atomic E-state index is 12.5. The van der Waals surface area contributed by atoms with Crippen molar-refractivity contribution in [2.75, 3.05) is 7.11 Å². The standard InChI is InChI=1S/C17H17N3O2/c1-11-16(13-5-3-4-6-14(13)20-11)17(21)19-10-12-7-8-15(22-2)18-9-12/h3-9,20H,10H2,1-2H3,(H,19,21). The van der Waals surface area contributed by atoms with E-state index in [0.717, 1.165) is 22.2 Å². The van der Waals surface area contributed by atoms with Gasteiger partial charge in [0.15, 0.2) is 0 Å². The lowest BCUT2D eigenvalue weighted by Crippen LogP contribution is -2.23. The van der Waals surface area contributed by atoms with Crippen LogP contribution in [0.4, 0.5) is 0 Å². The molecule has 0 bridgehead atoms. The van der Waals surface area contributed by atoms with Crippen LogP contribution in [0.25, 0.3) is 10.9 Å². The molecule has 0 fully saturated rings. The molecule has 3 aromatic rings. The zero-order valence-electron chi connectivity index (χ0n) is 12.5. The molecule has 1 aromatic carbocycles. The van der Waals surface area contributed by atoms with Crippen LogP contribution in [0, 0.1) is 6.92 Å². The normalized spacial score (nSPS) is 10.6. The zero-order chi connectivity index (χ0) is 15.5. The van der Waals surface area contributed by atoms with Gasteiger partial charge in [0, 0.05) is 35.4 Å². The summed E-state index contributed by atoms with van der Waals surface area (Å²) in [6.07, 6.45) is 1.70. The van der Waals surface area contributed by atoms with E-state index in [1.165, 1.54) is 0 Å². The molecule has 0 unspecified atom stereocenters. The second kappa shape index (κ2) is 5.89. The van der Waals surface area contributed by atoms with Crippen LogP contribution in [0.1, 0.15) is 21.6 Å². The number of hydrogen-bond acceptors (Lipinski definition) is 3. The van der Waals surface area contributed by atoms with Gasteiger partial charge in [0.1, 0.15) is 0 Å². The molecule has 0 saturated carbocycles. The SMILES string of the molecule is COc1ccc(CNC(=O)c2c(C)[nH]c3ccccc23)cn1. The first-order valence-electron chi connectivity index (χ1n) is 7.03. The minimum Gasteiger partial charge on any atom is -0.481 e. The maximum absolute atomic E-state index is 12.5. The molecule has 2 heterocycles. The maximum Gasteiger partial charge on any atom is 0.253 e. The van der Waals surface area contributed by atoms with Crippen molar-refractivity contribution in [2.45, 2.75) is 13.5 Å². The van der Waals surface area contributed by atoms with Crippen molar-refractivity contribution in [3.05, 3.63) is 59.4 Å². The highest BCUT2D eigenvalue weighted by Crippen LogP contribution is 2.21. The highest BCUT2D eigenvalue weighted by Gasteiger charge is 2.15. The number of H-pyrrole nitrogens is 1. The number of hydrogen-bond donors (Lipinski definition) is 2. The average Bonchev–Trinajstić information content (AvgIpc) is 2.89. The van der Waals surface area contributed by atoms with Gasteiger partial charge in [-0.2, -0.15) is 0 Å². The van der Waals surface area contributed by atoms with Gasteiger partial charge >= 0.3 is 0 Å². The topological polar surface area (TPSA) is 67.0 Å². The molecule has 22 heavy (non-hydrogen) atoms. The van der Waals surface area contributed by atoms with Crippen molar-refractivity contribution in [3.8, 4) is 5.88 Å². The van der Waals surface area contributed by atoms with Crippen molar-refractivity contribution in [2.24, 2.45) is 0 Å². The Labute approximate surface area is 128 Å². The summed E-state index contributed by atoms with van der Waals surface area (Å²) in [4.78, 5) is 19.8. The number of rotatable bonds is 4. The summed E-state index contributed by atoms with van der Waals surface area (Å²) in [7, 11) is 1.57. The van der Waals surface area contributed by atoms with Crippen molar-refractivity contribution < 1.29 is 9.53 Å². The van der Waals surface area contributed by atoms with Gasteiger partial charge in [-0.3, -0.25) is 4.79 Å². The summed E-state index contributed by atoms with van der Waals surface area (Å²) in [6.45, 7) is 2.33. The number of pyridine rings is 1. The fourth-order valence-corrected chi connectivity index (χ4v) is 2.48. The van der Waals surface area contributed by atoms with E-state index in [4.69, 9.17) is 4.74 Å². The van der Waals surface area contributed by atoms with Crippen molar-refractivity contribution in [3.63, 3.8) is 0 Å². The number of benzene rings is 1. The fraction of sp³-hybridized carbons (Fsp3) is 0.176. The highest BCUT2D eigenvalue weighted by molar-refractivity contribution is 6.08. The van der Waals surface area contributed by atoms with Crippen LogP contribution in [-0.4, -0.2) is 23.0 Å². The largest absolute Gasteiger partial charge is 0.481 e. The molecule has 0 spiro atoms. The Morgan fingerprint density at radius 1 is 1.27 bits per heavy atom. The molecule has 0 saturated heterocycles. The Morgan fingerprint density at radius 2 is 2.09 bits per heavy atom. The number of carbonyl (C=O) groups is 1. The molecule has 1 amide bonds. The Bertz CT molecular complexity index is 806. The predicted molar refractivity (Wildman–Crippen MR) is 85.0 cm³/mol. The van der Waals surface area contributed by atoms with E-state index < -0.39 is 0 Å². The number of nitrogens with zero attached hydrogens (tertiary/aromatic N) is 1. The third-order valence-electron chi connectivity index (χ3n) is 3.58. The van der Waals surface area contributed by atoms with Crippen LogP contribution in [0.15, 0.2) is 42.6 Å². The Morgan fingerprint density at radius 3 is 2.82 bits per heavy atom. The average molecular weight is 295 g/mol. The summed E-state index contributed by atoms with van der Waals surface area (Å²) >= 11 is 0. The molecule has 0 aliphatic carbocycles. The van der Waals surface area contributed by atoms with Crippen LogP contribution in [0.5, 0.6) is 5.88 Å². The number of amides is 1. The number of aryl methyl sites for hydroxylation is 1. The number of aromatic amines is 1. The van der Waals surface area contributed by atoms with Crippen molar-refractivity contribution in [1.82, 2.24) is 15.3 Å². The molecule has 5 heteroatoms. The fourth-order valence-electron chi connectivity index (χ4n) is 2.48. The van der Waals surface area contributed by atoms with Crippen LogP contribution < -0.4 is 10.1 Å². The second-order valence-corrected chi connectivity index (χ2v) is 5.06. The number of para-hydroxylation sites is 1. The molecule has 2 aromatic heterocycles. The quantitative estimate of drug-likeness (QED) is 0.777. The van der Waals surface area contributed by atoms with Gasteiger partial charge in [0.25, 0.3) is 5.91 Å². The number of ether oxygens (including phenoxy) is 1. The van der Waals surface area contributed by atoms with Gasteiger partial charge in [0.05, 0.1) is 12.7 Å². The van der Waals surface area contributed by atoms with Gasteiger partial charge in [0.2, 0.25) is 5.88 Å². The van der Waals surface area contributed by atoms with Crippen LogP contribution >= 0.6 is 0 Å². The first kappa shape index (κ1) is 14.1. The van der Waals surface area contributed by atoms with Gasteiger partial charge in [-0.15, -0.1) is 0 Å². The predicted octanol–water partition coefficient (Wildman–Crippen LogP) is 2.81. The molecule has 0 radical (unpaired) electrons. The van der Waals surface area contributed by atoms with E-state index >= 15 is 0 Å². The van der Waals surface area contributed by atoms with E-state index in [1.807, 2.05) is 37.3 Å². The highest BCUT2D eigenvalue weighted by atomic mass is 16.5. The smallest absolute Gasteiger partial charge is 0.253 e. The minimum atomic E-state index is -0.0919. The number of fused-ring (bicyclic) bond motifs is 1. The molecule has 0 aliphatic rings. The van der Waals surface area contributed by atoms with Gasteiger partial charge in [-0.1, -0.05) is 24.3 Å². The monoisotopic (exact) mass is 295 g/mol. The Kier molecular flexibility index (Phi) is 3.78. The third kappa shape index (κ3) is 2.65. The molecule has 112 valence electrons. The molecule has 3 rings (SSSR count). The molecule has 5 nitrogen and oxygen atoms in total. The lowest BCUT2D eigenvalue weighted by Gasteiger charge is -2.06. The lowest BCUT2D eigenvalue weighted by molar-refractivity contribution is 0.0952. The first-order chi connectivity index (χ1) is 10.7. The van der Waals surface area contributed by atoms with E-state index in [0.29, 0.717) is 18.0 Å². The number of carbonyl (C=O) groups excluding carboxylic acids is 1. The summed E-state index contributed by atoms with van der Waals surface area (Å²) in [5, 5.41) is 3.87. The number of methoxy groups -OCH3 is 1. The van der Waals surface area contributed by atoms with Crippen molar-refractivity contribution >= 4 is 16.8 Å². The van der Waals surface area contributed by atoms with Gasteiger partial charge in [-0.05, 0) is 18.6 Å². The van der Waals surface area contributed by atoms with E-state index in [1.54, 1.807) is 19.4 Å². The summed E-state index contributed by atoms with van der Waals surface area (Å²) < 4.78 is 5.02. The van der Waals surface area contributed by atoms with Crippen LogP contribution in [0.2, 0.25) is 0 Å². The second-order valence-electron chi connectivity index (χ2n) is 5.06. The molecular weight excluding hydrogens is 278 g/mol. The Hall–Kier alpha value is -2.82. The first-order valence-corrected chi connectivity index (χ1v) is 7.03. The lowest BCUT2D eigenvalue weighted by atomic mass is 10.1.